The van der Waals surface area contributed by atoms with E-state index in [2.05, 4.69) is 236 Å². The maximum atomic E-state index is 5.36. The first-order valence-electron chi connectivity index (χ1n) is 22.4. The van der Waals surface area contributed by atoms with E-state index in [0.29, 0.717) is 17.5 Å². The van der Waals surface area contributed by atoms with Crippen molar-refractivity contribution >= 4 is 40.3 Å². The molecule has 0 bridgehead atoms. The lowest BCUT2D eigenvalue weighted by Gasteiger charge is -2.49. The van der Waals surface area contributed by atoms with E-state index in [0.717, 1.165) is 27.8 Å². The average Bonchev–Trinajstić information content (AvgIpc) is 3.72. The molecule has 0 saturated carbocycles. The fourth-order valence-corrected chi connectivity index (χ4v) is 14.3. The van der Waals surface area contributed by atoms with Crippen LogP contribution >= 0.6 is 0 Å². The first-order valence-corrected chi connectivity index (χ1v) is 25.4. The van der Waals surface area contributed by atoms with Crippen molar-refractivity contribution in [3.05, 3.63) is 241 Å². The van der Waals surface area contributed by atoms with E-state index in [1.807, 2.05) is 0 Å². The van der Waals surface area contributed by atoms with Crippen LogP contribution in [0.5, 0.6) is 0 Å². The fraction of sp³-hybridized carbons (Fsp3) is 0.0500. The van der Waals surface area contributed by atoms with Gasteiger partial charge in [0.2, 0.25) is 0 Å². The molecule has 11 aromatic rings. The molecule has 0 amide bonds. The molecule has 4 nitrogen and oxygen atoms in total. The minimum atomic E-state index is -2.25. The summed E-state index contributed by atoms with van der Waals surface area (Å²) < 4.78 is 2.51. The first-order chi connectivity index (χ1) is 32.0. The van der Waals surface area contributed by atoms with E-state index in [4.69, 9.17) is 15.0 Å². The van der Waals surface area contributed by atoms with Gasteiger partial charge in [0, 0.05) is 27.5 Å². The number of aromatic nitrogens is 4. The van der Waals surface area contributed by atoms with Crippen LogP contribution in [0.3, 0.4) is 0 Å². The normalized spacial score (nSPS) is 15.4. The summed E-state index contributed by atoms with van der Waals surface area (Å²) in [6.45, 7) is 5.03. The van der Waals surface area contributed by atoms with Gasteiger partial charge in [-0.3, -0.25) is 0 Å². The van der Waals surface area contributed by atoms with Crippen LogP contribution in [-0.2, 0) is 5.41 Å². The molecule has 0 aliphatic carbocycles. The molecule has 2 aliphatic rings. The van der Waals surface area contributed by atoms with Gasteiger partial charge < -0.3 is 4.57 Å². The molecular weight excluding hydrogens is 805 g/mol. The molecule has 9 aromatic carbocycles. The second kappa shape index (κ2) is 14.3. The van der Waals surface area contributed by atoms with Crippen LogP contribution in [0.25, 0.3) is 83.9 Å². The molecule has 0 radical (unpaired) electrons. The van der Waals surface area contributed by atoms with Crippen LogP contribution in [0.15, 0.2) is 218 Å². The number of rotatable bonds is 5. The summed E-state index contributed by atoms with van der Waals surface area (Å²) in [5.74, 6) is 1.93. The van der Waals surface area contributed by atoms with Crippen molar-refractivity contribution in [1.82, 2.24) is 19.5 Å². The second-order valence-electron chi connectivity index (χ2n) is 17.9. The van der Waals surface area contributed by atoms with Crippen LogP contribution in [0.2, 0.25) is 13.1 Å². The molecule has 2 aliphatic heterocycles. The average molecular weight is 847 g/mol. The molecule has 2 aromatic heterocycles. The van der Waals surface area contributed by atoms with Crippen molar-refractivity contribution in [1.29, 1.82) is 0 Å². The summed E-state index contributed by atoms with van der Waals surface area (Å²) >= 11 is 0. The number of hydrogen-bond acceptors (Lipinski definition) is 3. The number of nitrogens with zero attached hydrogens (tertiary/aromatic N) is 4. The van der Waals surface area contributed by atoms with Crippen LogP contribution in [0.1, 0.15) is 22.3 Å². The molecule has 5 heteroatoms. The number of para-hydroxylation sites is 3. The Labute approximate surface area is 379 Å². The van der Waals surface area contributed by atoms with Gasteiger partial charge >= 0.3 is 0 Å². The van der Waals surface area contributed by atoms with Crippen molar-refractivity contribution in [2.24, 2.45) is 0 Å². The third kappa shape index (κ3) is 5.52. The Morgan fingerprint density at radius 3 is 1.48 bits per heavy atom. The Morgan fingerprint density at radius 1 is 0.354 bits per heavy atom. The topological polar surface area (TPSA) is 43.6 Å². The zero-order valence-electron chi connectivity index (χ0n) is 36.1. The third-order valence-corrected chi connectivity index (χ3v) is 17.7. The van der Waals surface area contributed by atoms with Gasteiger partial charge in [-0.05, 0) is 73.1 Å². The highest BCUT2D eigenvalue weighted by molar-refractivity contribution is 7.01. The Balaban J connectivity index is 1.06. The SMILES string of the molecule is C[Si]1(C)c2ccccc2C2(c3ccccc3-n3c4ccccc4c4cccc2c43)c2cc(-c3nc(-c4ccc(-c5ccccc5)cc4)nc(-c4ccc(-c5ccccc5)cc4)n3)ccc21. The van der Waals surface area contributed by atoms with E-state index < -0.39 is 13.5 Å². The zero-order chi connectivity index (χ0) is 43.3. The van der Waals surface area contributed by atoms with E-state index >= 15 is 0 Å². The van der Waals surface area contributed by atoms with Crippen LogP contribution in [0.4, 0.5) is 0 Å². The van der Waals surface area contributed by atoms with Crippen LogP contribution < -0.4 is 10.4 Å². The standard InChI is InChI=1S/C60H42N4Si/c1-65(2)54-27-14-11-23-49(54)60(48-22-10-13-26-53(48)64-52-25-12-9-20-46(52)47-21-15-24-50(60)56(47)64)51-38-45(36-37-55(51)65)59-62-57(43-32-28-41(29-33-43)39-16-5-3-6-17-39)61-58(63-59)44-34-30-42(31-35-44)40-18-7-4-8-19-40/h3-38H,1-2H3. The molecule has 0 fully saturated rings. The van der Waals surface area contributed by atoms with Crippen molar-refractivity contribution in [3.63, 3.8) is 0 Å². The van der Waals surface area contributed by atoms with Gasteiger partial charge in [0.15, 0.2) is 17.5 Å². The lowest BCUT2D eigenvalue weighted by molar-refractivity contribution is 0.732. The van der Waals surface area contributed by atoms with Crippen LogP contribution in [-0.4, -0.2) is 27.6 Å². The highest BCUT2D eigenvalue weighted by atomic mass is 28.3. The predicted octanol–water partition coefficient (Wildman–Crippen LogP) is 13.1. The largest absolute Gasteiger partial charge is 0.309 e. The van der Waals surface area contributed by atoms with E-state index in [9.17, 15) is 0 Å². The Kier molecular flexibility index (Phi) is 8.24. The van der Waals surface area contributed by atoms with Gasteiger partial charge in [0.05, 0.1) is 22.1 Å². The van der Waals surface area contributed by atoms with Gasteiger partial charge in [0.25, 0.3) is 0 Å². The highest BCUT2D eigenvalue weighted by Crippen LogP contribution is 2.55. The third-order valence-electron chi connectivity index (χ3n) is 14.1. The Hall–Kier alpha value is -7.99. The van der Waals surface area contributed by atoms with E-state index in [-0.39, 0.29) is 0 Å². The summed E-state index contributed by atoms with van der Waals surface area (Å²) in [5.41, 5.74) is 15.8. The monoisotopic (exact) mass is 846 g/mol. The van der Waals surface area contributed by atoms with Crippen LogP contribution in [0, 0.1) is 0 Å². The second-order valence-corrected chi connectivity index (χ2v) is 22.3. The van der Waals surface area contributed by atoms with Crippen molar-refractivity contribution < 1.29 is 0 Å². The van der Waals surface area contributed by atoms with Gasteiger partial charge in [-0.2, -0.15) is 0 Å². The Morgan fingerprint density at radius 2 is 0.815 bits per heavy atom. The molecule has 1 spiro atoms. The smallest absolute Gasteiger partial charge is 0.164 e. The maximum absolute atomic E-state index is 5.36. The van der Waals surface area contributed by atoms with Gasteiger partial charge in [-0.15, -0.1) is 0 Å². The summed E-state index contributed by atoms with van der Waals surface area (Å²) in [6.07, 6.45) is 0. The predicted molar refractivity (Wildman–Crippen MR) is 270 cm³/mol. The summed E-state index contributed by atoms with van der Waals surface area (Å²) in [7, 11) is -2.25. The molecule has 0 saturated heterocycles. The maximum Gasteiger partial charge on any atom is 0.164 e. The molecule has 4 heterocycles. The first kappa shape index (κ1) is 37.6. The number of benzene rings is 9. The van der Waals surface area contributed by atoms with Gasteiger partial charge in [-0.25, -0.2) is 15.0 Å². The zero-order valence-corrected chi connectivity index (χ0v) is 37.1. The van der Waals surface area contributed by atoms with E-state index in [1.165, 1.54) is 71.2 Å². The number of hydrogen-bond donors (Lipinski definition) is 0. The molecule has 306 valence electrons. The van der Waals surface area contributed by atoms with E-state index in [1.54, 1.807) is 0 Å². The molecule has 13 rings (SSSR count). The molecule has 0 N–H and O–H groups in total. The van der Waals surface area contributed by atoms with Gasteiger partial charge in [-0.1, -0.05) is 213 Å². The quantitative estimate of drug-likeness (QED) is 0.162. The lowest BCUT2D eigenvalue weighted by atomic mass is 9.62. The molecular formula is C60H42N4Si. The highest BCUT2D eigenvalue weighted by Gasteiger charge is 2.53. The summed E-state index contributed by atoms with van der Waals surface area (Å²) in [6, 6.07) is 79.5. The summed E-state index contributed by atoms with van der Waals surface area (Å²) in [5, 5.41) is 5.44. The molecule has 1 atom stereocenters. The van der Waals surface area contributed by atoms with Crippen molar-refractivity contribution in [2.45, 2.75) is 18.5 Å². The minimum absolute atomic E-state index is 0.607. The van der Waals surface area contributed by atoms with Crippen molar-refractivity contribution in [3.8, 4) is 62.1 Å². The molecule has 1 unspecified atom stereocenters. The minimum Gasteiger partial charge on any atom is -0.309 e. The lowest BCUT2D eigenvalue weighted by Crippen LogP contribution is -2.63. The van der Waals surface area contributed by atoms with Gasteiger partial charge in [0.1, 0.15) is 8.07 Å². The molecule has 65 heavy (non-hydrogen) atoms. The summed E-state index contributed by atoms with van der Waals surface area (Å²) in [4.78, 5) is 15.9. The fourth-order valence-electron chi connectivity index (χ4n) is 11.1. The van der Waals surface area contributed by atoms with Crippen molar-refractivity contribution in [2.75, 3.05) is 0 Å². The Bertz CT molecular complexity index is 3570. The number of fused-ring (bicyclic) bond motifs is 11.